The fraction of sp³-hybridized carbons (Fsp3) is 0.692. The van der Waals surface area contributed by atoms with E-state index in [1.54, 1.807) is 0 Å². The van der Waals surface area contributed by atoms with Gasteiger partial charge in [-0.3, -0.25) is 0 Å². The van der Waals surface area contributed by atoms with E-state index >= 15 is 0 Å². The molecule has 0 spiro atoms. The van der Waals surface area contributed by atoms with E-state index in [4.69, 9.17) is 9.47 Å². The third-order valence-electron chi connectivity index (χ3n) is 2.53. The van der Waals surface area contributed by atoms with Gasteiger partial charge in [0.1, 0.15) is 11.6 Å². The Kier molecular flexibility index (Phi) is 7.74. The summed E-state index contributed by atoms with van der Waals surface area (Å²) in [5, 5.41) is 0.861. The number of likely N-dealkylation sites (N-methyl/N-ethyl adjacent to an activating group) is 1. The van der Waals surface area contributed by atoms with E-state index in [0.29, 0.717) is 19.1 Å². The van der Waals surface area contributed by atoms with Crippen LogP contribution in [-0.2, 0) is 4.74 Å². The second kappa shape index (κ2) is 9.09. The molecule has 6 heteroatoms. The van der Waals surface area contributed by atoms with Gasteiger partial charge in [-0.2, -0.15) is 4.98 Å². The van der Waals surface area contributed by atoms with E-state index in [1.165, 1.54) is 0 Å². The van der Waals surface area contributed by atoms with E-state index in [2.05, 4.69) is 37.7 Å². The van der Waals surface area contributed by atoms with Crippen LogP contribution in [-0.4, -0.2) is 48.2 Å². The zero-order valence-electron chi connectivity index (χ0n) is 11.9. The molecule has 0 aliphatic carbocycles. The minimum Gasteiger partial charge on any atom is -0.478 e. The predicted octanol–water partition coefficient (Wildman–Crippen LogP) is 2.42. The van der Waals surface area contributed by atoms with Crippen molar-refractivity contribution in [2.45, 2.75) is 20.8 Å². The van der Waals surface area contributed by atoms with Crippen molar-refractivity contribution in [2.24, 2.45) is 0 Å². The average Bonchev–Trinajstić information content (AvgIpc) is 2.38. The molecule has 1 aromatic heterocycles. The van der Waals surface area contributed by atoms with E-state index in [9.17, 15) is 0 Å². The molecule has 5 nitrogen and oxygen atoms in total. The number of alkyl halides is 1. The summed E-state index contributed by atoms with van der Waals surface area (Å²) < 4.78 is 10.9. The van der Waals surface area contributed by atoms with E-state index < -0.39 is 0 Å². The summed E-state index contributed by atoms with van der Waals surface area (Å²) in [6.45, 7) is 9.63. The monoisotopic (exact) mass is 331 g/mol. The lowest BCUT2D eigenvalue weighted by Crippen LogP contribution is -2.28. The van der Waals surface area contributed by atoms with Crippen molar-refractivity contribution in [3.05, 3.63) is 11.9 Å². The van der Waals surface area contributed by atoms with Gasteiger partial charge in [0.05, 0.1) is 19.8 Å². The van der Waals surface area contributed by atoms with Crippen LogP contribution in [0.5, 0.6) is 5.88 Å². The lowest BCUT2D eigenvalue weighted by atomic mass is 10.4. The summed E-state index contributed by atoms with van der Waals surface area (Å²) >= 11 is 3.34. The van der Waals surface area contributed by atoms with Crippen LogP contribution in [0.1, 0.15) is 19.7 Å². The van der Waals surface area contributed by atoms with Gasteiger partial charge < -0.3 is 14.4 Å². The van der Waals surface area contributed by atoms with Gasteiger partial charge in [-0.05, 0) is 20.8 Å². The van der Waals surface area contributed by atoms with Gasteiger partial charge >= 0.3 is 0 Å². The third-order valence-corrected chi connectivity index (χ3v) is 2.85. The number of hydrogen-bond donors (Lipinski definition) is 0. The molecule has 1 rings (SSSR count). The summed E-state index contributed by atoms with van der Waals surface area (Å²) in [4.78, 5) is 10.9. The van der Waals surface area contributed by atoms with Crippen molar-refractivity contribution < 1.29 is 9.47 Å². The number of rotatable bonds is 9. The van der Waals surface area contributed by atoms with Crippen molar-refractivity contribution in [1.29, 1.82) is 0 Å². The van der Waals surface area contributed by atoms with Crippen LogP contribution in [0.15, 0.2) is 6.07 Å². The number of ether oxygens (including phenoxy) is 2. The van der Waals surface area contributed by atoms with Gasteiger partial charge in [-0.1, -0.05) is 15.9 Å². The van der Waals surface area contributed by atoms with Gasteiger partial charge in [0, 0.05) is 24.5 Å². The topological polar surface area (TPSA) is 47.5 Å². The predicted molar refractivity (Wildman–Crippen MR) is 80.4 cm³/mol. The zero-order valence-corrected chi connectivity index (χ0v) is 13.4. The quantitative estimate of drug-likeness (QED) is 0.513. The highest BCUT2D eigenvalue weighted by Gasteiger charge is 2.09. The van der Waals surface area contributed by atoms with Crippen molar-refractivity contribution >= 4 is 21.7 Å². The number of aromatic nitrogens is 2. The van der Waals surface area contributed by atoms with Gasteiger partial charge in [0.25, 0.3) is 0 Å². The number of hydrogen-bond acceptors (Lipinski definition) is 5. The maximum atomic E-state index is 5.48. The molecule has 0 radical (unpaired) electrons. The fourth-order valence-electron chi connectivity index (χ4n) is 1.68. The molecule has 0 aliphatic heterocycles. The molecule has 0 unspecified atom stereocenters. The number of aryl methyl sites for hydroxylation is 1. The highest BCUT2D eigenvalue weighted by molar-refractivity contribution is 9.09. The minimum atomic E-state index is 0.608. The van der Waals surface area contributed by atoms with Crippen LogP contribution in [0.25, 0.3) is 0 Å². The maximum absolute atomic E-state index is 5.48. The van der Waals surface area contributed by atoms with E-state index in [0.717, 1.165) is 36.7 Å². The summed E-state index contributed by atoms with van der Waals surface area (Å²) in [5.41, 5.74) is 0. The van der Waals surface area contributed by atoms with E-state index in [1.807, 2.05) is 19.9 Å². The van der Waals surface area contributed by atoms with Gasteiger partial charge in [0.15, 0.2) is 0 Å². The first kappa shape index (κ1) is 16.2. The smallest absolute Gasteiger partial charge is 0.218 e. The lowest BCUT2D eigenvalue weighted by Gasteiger charge is -2.22. The Morgan fingerprint density at radius 2 is 2.05 bits per heavy atom. The maximum Gasteiger partial charge on any atom is 0.218 e. The first-order chi connectivity index (χ1) is 9.21. The van der Waals surface area contributed by atoms with Crippen LogP contribution in [0, 0.1) is 6.92 Å². The molecule has 0 bridgehead atoms. The Balaban J connectivity index is 2.68. The number of anilines is 1. The molecule has 0 saturated carbocycles. The Labute approximate surface area is 123 Å². The zero-order chi connectivity index (χ0) is 14.1. The molecular formula is C13H22BrN3O2. The fourth-order valence-corrected chi connectivity index (χ4v) is 1.90. The van der Waals surface area contributed by atoms with Crippen LogP contribution in [0.3, 0.4) is 0 Å². The molecule has 0 aromatic carbocycles. The molecular weight excluding hydrogens is 310 g/mol. The van der Waals surface area contributed by atoms with Gasteiger partial charge in [-0.25, -0.2) is 4.98 Å². The number of halogens is 1. The molecule has 1 heterocycles. The summed E-state index contributed by atoms with van der Waals surface area (Å²) in [5.74, 6) is 2.24. The molecule has 0 saturated heterocycles. The highest BCUT2D eigenvalue weighted by Crippen LogP contribution is 2.17. The van der Waals surface area contributed by atoms with Crippen LogP contribution in [0.2, 0.25) is 0 Å². The first-order valence-corrected chi connectivity index (χ1v) is 7.70. The molecule has 19 heavy (non-hydrogen) atoms. The molecule has 108 valence electrons. The average molecular weight is 332 g/mol. The number of nitrogens with zero attached hydrogens (tertiary/aromatic N) is 3. The summed E-state index contributed by atoms with van der Waals surface area (Å²) in [6.07, 6.45) is 0. The largest absolute Gasteiger partial charge is 0.478 e. The van der Waals surface area contributed by atoms with Crippen molar-refractivity contribution in [3.8, 4) is 5.88 Å². The van der Waals surface area contributed by atoms with Crippen LogP contribution in [0.4, 0.5) is 5.82 Å². The second-order valence-electron chi connectivity index (χ2n) is 3.93. The van der Waals surface area contributed by atoms with Crippen LogP contribution < -0.4 is 9.64 Å². The van der Waals surface area contributed by atoms with Gasteiger partial charge in [-0.15, -0.1) is 0 Å². The molecule has 0 fully saturated rings. The second-order valence-corrected chi connectivity index (χ2v) is 4.72. The Bertz CT molecular complexity index is 377. The van der Waals surface area contributed by atoms with Crippen LogP contribution >= 0.6 is 15.9 Å². The normalized spacial score (nSPS) is 10.5. The van der Waals surface area contributed by atoms with Crippen molar-refractivity contribution in [3.63, 3.8) is 0 Å². The van der Waals surface area contributed by atoms with Gasteiger partial charge in [0.2, 0.25) is 5.88 Å². The standard InChI is InChI=1S/C13H22BrN3O2/c1-4-17(7-9-18-8-6-14)12-10-13(19-5-2)16-11(3)15-12/h10H,4-9H2,1-3H3. The first-order valence-electron chi connectivity index (χ1n) is 6.58. The molecule has 0 aliphatic rings. The Morgan fingerprint density at radius 1 is 1.26 bits per heavy atom. The highest BCUT2D eigenvalue weighted by atomic mass is 79.9. The summed E-state index contributed by atoms with van der Waals surface area (Å²) in [6, 6.07) is 1.88. The summed E-state index contributed by atoms with van der Waals surface area (Å²) in [7, 11) is 0. The Hall–Kier alpha value is -0.880. The lowest BCUT2D eigenvalue weighted by molar-refractivity contribution is 0.157. The molecule has 0 amide bonds. The molecule has 1 aromatic rings. The third kappa shape index (κ3) is 5.74. The van der Waals surface area contributed by atoms with E-state index in [-0.39, 0.29) is 0 Å². The van der Waals surface area contributed by atoms with Crippen molar-refractivity contribution in [2.75, 3.05) is 43.1 Å². The van der Waals surface area contributed by atoms with Crippen molar-refractivity contribution in [1.82, 2.24) is 9.97 Å². The molecule has 0 N–H and O–H groups in total. The Morgan fingerprint density at radius 3 is 2.68 bits per heavy atom. The SMILES string of the molecule is CCOc1cc(N(CC)CCOCCBr)nc(C)n1. The molecule has 0 atom stereocenters. The minimum absolute atomic E-state index is 0.608.